The van der Waals surface area contributed by atoms with Gasteiger partial charge in [0.2, 0.25) is 0 Å². The standard InChI is InChI=1S/C91H114N2O4/c1-54-42-72(70-44-60(90(21,22)52-84(3,4)5)50-78(80(70)94)92-74-46-56(86(9,10)11)32-36-64(74)65-37-33-57(47-75(65)92)87(12,13)14)82(68-30-25-28-62(54)68)96-40-27-41-97-83-69-31-26-29-63(69)55(2)43-73(83)71-45-61(91(23,24)53-85(6,7)8)51-79(81(71)95)93-76-48-58(88(15,16)17)34-38-66(76)67-39-35-59(49-77(67)93)89(18,19)20/h32-39,42-51,94-95H,25-31,40-41,52-53H2,1-24H3. The molecule has 10 aromatic rings. The van der Waals surface area contributed by atoms with Gasteiger partial charge in [-0.05, 0) is 236 Å². The van der Waals surface area contributed by atoms with Gasteiger partial charge in [0.25, 0.3) is 0 Å². The summed E-state index contributed by atoms with van der Waals surface area (Å²) in [5.41, 5.74) is 23.6. The van der Waals surface area contributed by atoms with Gasteiger partial charge in [-0.3, -0.25) is 0 Å². The van der Waals surface area contributed by atoms with Crippen LogP contribution in [0.3, 0.4) is 0 Å². The van der Waals surface area contributed by atoms with Gasteiger partial charge in [0.15, 0.2) is 0 Å². The highest BCUT2D eigenvalue weighted by Gasteiger charge is 2.36. The number of phenolic OH excluding ortho intramolecular Hbond substituents is 2. The normalized spacial score (nSPS) is 14.4. The van der Waals surface area contributed by atoms with Crippen molar-refractivity contribution in [2.75, 3.05) is 13.2 Å². The Labute approximate surface area is 582 Å². The molecule has 0 bridgehead atoms. The molecular formula is C91H114N2O4. The van der Waals surface area contributed by atoms with Crippen molar-refractivity contribution in [3.05, 3.63) is 176 Å². The van der Waals surface area contributed by atoms with Crippen LogP contribution in [0.2, 0.25) is 0 Å². The third-order valence-electron chi connectivity index (χ3n) is 21.7. The number of benzene rings is 8. The van der Waals surface area contributed by atoms with E-state index >= 15 is 0 Å². The molecule has 97 heavy (non-hydrogen) atoms. The summed E-state index contributed by atoms with van der Waals surface area (Å²) in [5, 5.41) is 31.9. The second kappa shape index (κ2) is 24.2. The number of ether oxygens (including phenoxy) is 2. The van der Waals surface area contributed by atoms with Gasteiger partial charge >= 0.3 is 0 Å². The lowest BCUT2D eigenvalue weighted by molar-refractivity contribution is 0.246. The van der Waals surface area contributed by atoms with Gasteiger partial charge in [-0.2, -0.15) is 0 Å². The monoisotopic (exact) mass is 1300 g/mol. The van der Waals surface area contributed by atoms with E-state index in [0.29, 0.717) is 19.6 Å². The predicted molar refractivity (Wildman–Crippen MR) is 414 cm³/mol. The van der Waals surface area contributed by atoms with Crippen LogP contribution in [0.4, 0.5) is 0 Å². The zero-order chi connectivity index (χ0) is 70.4. The zero-order valence-corrected chi connectivity index (χ0v) is 63.8. The van der Waals surface area contributed by atoms with E-state index in [9.17, 15) is 10.2 Å². The Morgan fingerprint density at radius 3 is 0.907 bits per heavy atom. The summed E-state index contributed by atoms with van der Waals surface area (Å²) in [5.74, 6) is 2.25. The number of aryl methyl sites for hydroxylation is 2. The highest BCUT2D eigenvalue weighted by Crippen LogP contribution is 2.53. The van der Waals surface area contributed by atoms with E-state index in [2.05, 4.69) is 284 Å². The molecule has 2 N–H and O–H groups in total. The van der Waals surface area contributed by atoms with Crippen molar-refractivity contribution >= 4 is 43.6 Å². The van der Waals surface area contributed by atoms with Gasteiger partial charge in [0.1, 0.15) is 23.0 Å². The number of nitrogens with zero attached hydrogens (tertiary/aromatic N) is 2. The Balaban J connectivity index is 0.980. The van der Waals surface area contributed by atoms with Gasteiger partial charge in [-0.15, -0.1) is 0 Å². The average Bonchev–Trinajstić information content (AvgIpc) is 1.61. The minimum Gasteiger partial charge on any atom is -0.505 e. The molecule has 512 valence electrons. The van der Waals surface area contributed by atoms with Crippen LogP contribution in [-0.2, 0) is 58.2 Å². The van der Waals surface area contributed by atoms with E-state index in [0.717, 1.165) is 119 Å². The Morgan fingerprint density at radius 1 is 0.340 bits per heavy atom. The third-order valence-corrected chi connectivity index (χ3v) is 21.7. The summed E-state index contributed by atoms with van der Waals surface area (Å²) >= 11 is 0. The van der Waals surface area contributed by atoms with E-state index in [-0.39, 0.29) is 54.8 Å². The Bertz CT molecular complexity index is 4310. The van der Waals surface area contributed by atoms with Crippen LogP contribution in [0, 0.1) is 24.7 Å². The second-order valence-corrected chi connectivity index (χ2v) is 37.4. The molecule has 0 amide bonds. The van der Waals surface area contributed by atoms with Gasteiger partial charge in [0.05, 0.1) is 46.7 Å². The molecule has 2 heterocycles. The van der Waals surface area contributed by atoms with Crippen LogP contribution < -0.4 is 9.47 Å². The Kier molecular flexibility index (Phi) is 17.3. The summed E-state index contributed by atoms with van der Waals surface area (Å²) in [4.78, 5) is 0. The van der Waals surface area contributed by atoms with Crippen LogP contribution in [0.15, 0.2) is 109 Å². The lowest BCUT2D eigenvalue weighted by Crippen LogP contribution is -2.25. The summed E-state index contributed by atoms with van der Waals surface area (Å²) in [6.07, 6.45) is 8.45. The first-order valence-corrected chi connectivity index (χ1v) is 36.5. The molecule has 6 nitrogen and oxygen atoms in total. The number of hydrogen-bond acceptors (Lipinski definition) is 4. The minimum absolute atomic E-state index is 0.0367. The number of phenols is 2. The van der Waals surface area contributed by atoms with Gasteiger partial charge in [-0.1, -0.05) is 201 Å². The number of rotatable bonds is 14. The SMILES string of the molecule is Cc1cc(-c2cc(C(C)(C)CC(C)(C)C)cc(-n3c4cc(C(C)(C)C)ccc4c4ccc(C(C)(C)C)cc43)c2O)c(OCCCOc2c(-c3cc(C(C)(C)CC(C)(C)C)cc(-n4c5cc(C(C)(C)C)ccc5c5ccc(C(C)(C)C)cc54)c3O)cc(C)c3c2CCC3)c2c1CCC2. The fourth-order valence-corrected chi connectivity index (χ4v) is 17.1. The fourth-order valence-electron chi connectivity index (χ4n) is 17.1. The maximum Gasteiger partial charge on any atom is 0.147 e. The van der Waals surface area contributed by atoms with Gasteiger partial charge < -0.3 is 28.8 Å². The molecule has 0 atom stereocenters. The summed E-state index contributed by atoms with van der Waals surface area (Å²) in [6.45, 7) is 56.3. The van der Waals surface area contributed by atoms with Crippen molar-refractivity contribution < 1.29 is 19.7 Å². The van der Waals surface area contributed by atoms with E-state index in [4.69, 9.17) is 9.47 Å². The third kappa shape index (κ3) is 13.2. The van der Waals surface area contributed by atoms with Crippen molar-refractivity contribution in [2.24, 2.45) is 10.8 Å². The summed E-state index contributed by atoms with van der Waals surface area (Å²) < 4.78 is 19.4. The van der Waals surface area contributed by atoms with Crippen molar-refractivity contribution in [1.82, 2.24) is 9.13 Å². The molecule has 6 heteroatoms. The Morgan fingerprint density at radius 2 is 0.629 bits per heavy atom. The van der Waals surface area contributed by atoms with Crippen molar-refractivity contribution in [1.29, 1.82) is 0 Å². The molecule has 0 saturated carbocycles. The van der Waals surface area contributed by atoms with Crippen LogP contribution in [0.1, 0.15) is 251 Å². The van der Waals surface area contributed by atoms with E-state index in [1.165, 1.54) is 88.3 Å². The molecule has 8 aromatic carbocycles. The first-order chi connectivity index (χ1) is 45.0. The maximum atomic E-state index is 13.6. The quantitative estimate of drug-likeness (QED) is 0.106. The van der Waals surface area contributed by atoms with E-state index in [1.54, 1.807) is 0 Å². The summed E-state index contributed by atoms with van der Waals surface area (Å²) in [7, 11) is 0. The second-order valence-electron chi connectivity index (χ2n) is 37.4. The van der Waals surface area contributed by atoms with Crippen LogP contribution >= 0.6 is 0 Å². The average molecular weight is 1300 g/mol. The lowest BCUT2D eigenvalue weighted by atomic mass is 9.71. The smallest absolute Gasteiger partial charge is 0.147 e. The number of hydrogen-bond donors (Lipinski definition) is 2. The largest absolute Gasteiger partial charge is 0.505 e. The van der Waals surface area contributed by atoms with Gasteiger partial charge in [-0.25, -0.2) is 0 Å². The van der Waals surface area contributed by atoms with Crippen LogP contribution in [-0.4, -0.2) is 32.6 Å². The first-order valence-electron chi connectivity index (χ1n) is 36.5. The van der Waals surface area contributed by atoms with Crippen LogP contribution in [0.25, 0.3) is 77.2 Å². The van der Waals surface area contributed by atoms with Crippen molar-refractivity contribution in [2.45, 2.75) is 256 Å². The number of fused-ring (bicyclic) bond motifs is 8. The van der Waals surface area contributed by atoms with E-state index < -0.39 is 0 Å². The molecular weight excluding hydrogens is 1190 g/mol. The highest BCUT2D eigenvalue weighted by molar-refractivity contribution is 6.11. The lowest BCUT2D eigenvalue weighted by Gasteiger charge is -2.34. The molecule has 0 radical (unpaired) electrons. The predicted octanol–water partition coefficient (Wildman–Crippen LogP) is 24.7. The van der Waals surface area contributed by atoms with Crippen molar-refractivity contribution in [3.63, 3.8) is 0 Å². The molecule has 0 aliphatic heterocycles. The molecule has 12 rings (SSSR count). The number of aromatic nitrogens is 2. The van der Waals surface area contributed by atoms with Crippen molar-refractivity contribution in [3.8, 4) is 56.6 Å². The Hall–Kier alpha value is -7.44. The highest BCUT2D eigenvalue weighted by atomic mass is 16.5. The fraction of sp³-hybridized carbons (Fsp3) is 0.473. The molecule has 2 aromatic heterocycles. The minimum atomic E-state index is -0.264. The molecule has 0 unspecified atom stereocenters. The molecule has 0 fully saturated rings. The summed E-state index contributed by atoms with van der Waals surface area (Å²) in [6, 6.07) is 41.6. The molecule has 2 aliphatic rings. The molecule has 2 aliphatic carbocycles. The molecule has 0 spiro atoms. The number of aromatic hydroxyl groups is 2. The van der Waals surface area contributed by atoms with E-state index in [1.807, 2.05) is 0 Å². The topological polar surface area (TPSA) is 68.8 Å². The molecule has 0 saturated heterocycles. The first kappa shape index (κ1) is 69.5. The van der Waals surface area contributed by atoms with Gasteiger partial charge in [0, 0.05) is 50.2 Å². The maximum absolute atomic E-state index is 13.6. The van der Waals surface area contributed by atoms with Crippen LogP contribution in [0.5, 0.6) is 23.0 Å². The zero-order valence-electron chi connectivity index (χ0n) is 63.8.